The molecule has 0 aliphatic carbocycles. The molecule has 5 heteroatoms. The highest BCUT2D eigenvalue weighted by Gasteiger charge is 2.12. The Hall–Kier alpha value is -2.74. The lowest BCUT2D eigenvalue weighted by molar-refractivity contribution is 0.0941. The number of ether oxygens (including phenoxy) is 1. The van der Waals surface area contributed by atoms with Crippen molar-refractivity contribution in [2.75, 3.05) is 6.61 Å². The van der Waals surface area contributed by atoms with E-state index in [9.17, 15) is 4.79 Å². The summed E-state index contributed by atoms with van der Waals surface area (Å²) >= 11 is 0. The molecule has 1 amide bonds. The van der Waals surface area contributed by atoms with E-state index in [4.69, 9.17) is 4.74 Å². The van der Waals surface area contributed by atoms with Crippen LogP contribution >= 0.6 is 0 Å². The van der Waals surface area contributed by atoms with E-state index in [0.717, 1.165) is 49.1 Å². The number of hydrogen-bond donors (Lipinski definition) is 1. The predicted molar refractivity (Wildman–Crippen MR) is 108 cm³/mol. The first-order valence-electron chi connectivity index (χ1n) is 9.62. The van der Waals surface area contributed by atoms with E-state index in [1.54, 1.807) is 11.7 Å². The molecule has 0 aliphatic heterocycles. The molecule has 0 unspecified atom stereocenters. The number of nitrogens with zero attached hydrogens (tertiary/aromatic N) is 2. The summed E-state index contributed by atoms with van der Waals surface area (Å²) in [5, 5.41) is 7.26. The van der Waals surface area contributed by atoms with Crippen molar-refractivity contribution < 1.29 is 9.53 Å². The number of aromatic nitrogens is 2. The Morgan fingerprint density at radius 1 is 1.22 bits per heavy atom. The lowest BCUT2D eigenvalue weighted by Gasteiger charge is -2.09. The van der Waals surface area contributed by atoms with Crippen molar-refractivity contribution in [3.63, 3.8) is 0 Å². The molecular formula is C22H29N3O2. The highest BCUT2D eigenvalue weighted by molar-refractivity contribution is 5.92. The Labute approximate surface area is 162 Å². The predicted octanol–water partition coefficient (Wildman–Crippen LogP) is 3.88. The third-order valence-corrected chi connectivity index (χ3v) is 4.14. The fourth-order valence-corrected chi connectivity index (χ4v) is 2.65. The zero-order valence-electron chi connectivity index (χ0n) is 16.5. The van der Waals surface area contributed by atoms with Crippen molar-refractivity contribution in [3.05, 3.63) is 47.3 Å². The fourth-order valence-electron chi connectivity index (χ4n) is 2.65. The summed E-state index contributed by atoms with van der Waals surface area (Å²) in [6.45, 7) is 5.21. The van der Waals surface area contributed by atoms with Gasteiger partial charge in [-0.05, 0) is 43.0 Å². The Kier molecular flexibility index (Phi) is 8.44. The lowest BCUT2D eigenvalue weighted by Crippen LogP contribution is -2.25. The first-order chi connectivity index (χ1) is 13.1. The maximum atomic E-state index is 12.4. The molecule has 0 radical (unpaired) electrons. The maximum Gasteiger partial charge on any atom is 0.269 e. The van der Waals surface area contributed by atoms with Crippen LogP contribution in [0.15, 0.2) is 30.3 Å². The van der Waals surface area contributed by atoms with Crippen molar-refractivity contribution in [2.24, 2.45) is 7.05 Å². The first kappa shape index (κ1) is 20.6. The van der Waals surface area contributed by atoms with E-state index in [2.05, 4.69) is 29.2 Å². The normalized spacial score (nSPS) is 10.2. The zero-order valence-corrected chi connectivity index (χ0v) is 16.5. The third-order valence-electron chi connectivity index (χ3n) is 4.14. The Morgan fingerprint density at radius 2 is 2.07 bits per heavy atom. The maximum absolute atomic E-state index is 12.4. The number of aryl methyl sites for hydroxylation is 2. The smallest absolute Gasteiger partial charge is 0.269 e. The van der Waals surface area contributed by atoms with Gasteiger partial charge in [-0.25, -0.2) is 0 Å². The topological polar surface area (TPSA) is 56.1 Å². The number of carbonyl (C=O) groups is 1. The van der Waals surface area contributed by atoms with Crippen molar-refractivity contribution in [2.45, 2.75) is 52.5 Å². The molecule has 1 N–H and O–H groups in total. The molecule has 0 spiro atoms. The van der Waals surface area contributed by atoms with Gasteiger partial charge in [-0.1, -0.05) is 26.0 Å². The molecule has 144 valence electrons. The minimum Gasteiger partial charge on any atom is -0.494 e. The number of benzene rings is 1. The van der Waals surface area contributed by atoms with Gasteiger partial charge in [-0.3, -0.25) is 9.48 Å². The van der Waals surface area contributed by atoms with E-state index in [0.29, 0.717) is 18.8 Å². The highest BCUT2D eigenvalue weighted by atomic mass is 16.5. The van der Waals surface area contributed by atoms with Gasteiger partial charge in [0.1, 0.15) is 11.4 Å². The highest BCUT2D eigenvalue weighted by Crippen LogP contribution is 2.14. The molecule has 1 aromatic carbocycles. The average molecular weight is 367 g/mol. The van der Waals surface area contributed by atoms with Crippen LogP contribution in [0.4, 0.5) is 0 Å². The van der Waals surface area contributed by atoms with Crippen LogP contribution in [0.2, 0.25) is 0 Å². The second-order valence-electron chi connectivity index (χ2n) is 6.34. The van der Waals surface area contributed by atoms with Gasteiger partial charge in [-0.15, -0.1) is 11.8 Å². The van der Waals surface area contributed by atoms with Crippen molar-refractivity contribution in [3.8, 4) is 17.6 Å². The Morgan fingerprint density at radius 3 is 2.81 bits per heavy atom. The monoisotopic (exact) mass is 367 g/mol. The van der Waals surface area contributed by atoms with Gasteiger partial charge >= 0.3 is 0 Å². The van der Waals surface area contributed by atoms with Crippen LogP contribution in [-0.4, -0.2) is 22.3 Å². The summed E-state index contributed by atoms with van der Waals surface area (Å²) in [6.07, 6.45) is 4.69. The minimum absolute atomic E-state index is 0.121. The van der Waals surface area contributed by atoms with E-state index in [1.807, 2.05) is 37.3 Å². The second kappa shape index (κ2) is 11.1. The first-order valence-corrected chi connectivity index (χ1v) is 9.62. The van der Waals surface area contributed by atoms with Gasteiger partial charge in [0.15, 0.2) is 0 Å². The van der Waals surface area contributed by atoms with Crippen molar-refractivity contribution >= 4 is 5.91 Å². The molecule has 1 aromatic heterocycles. The summed E-state index contributed by atoms with van der Waals surface area (Å²) in [5.41, 5.74) is 2.50. The Balaban J connectivity index is 1.79. The number of carbonyl (C=O) groups excluding carboxylic acids is 1. The van der Waals surface area contributed by atoms with Crippen molar-refractivity contribution in [1.29, 1.82) is 0 Å². The average Bonchev–Trinajstić information content (AvgIpc) is 3.07. The molecule has 0 fully saturated rings. The van der Waals surface area contributed by atoms with Gasteiger partial charge in [0.05, 0.1) is 12.3 Å². The van der Waals surface area contributed by atoms with Crippen LogP contribution in [0, 0.1) is 11.8 Å². The summed E-state index contributed by atoms with van der Waals surface area (Å²) in [5.74, 6) is 6.93. The molecule has 5 nitrogen and oxygen atoms in total. The molecule has 0 bridgehead atoms. The van der Waals surface area contributed by atoms with Gasteiger partial charge < -0.3 is 10.1 Å². The van der Waals surface area contributed by atoms with Gasteiger partial charge in [0.2, 0.25) is 0 Å². The standard InChI is InChI=1S/C22H29N3O2/c1-4-6-7-8-9-10-14-27-20-13-11-12-18(15-20)17-23-22(26)21-16-19(5-2)24-25(21)3/h11-13,15-16H,4-5,8-10,14,17H2,1-3H3,(H,23,26). The molecule has 0 saturated carbocycles. The molecule has 27 heavy (non-hydrogen) atoms. The quantitative estimate of drug-likeness (QED) is 0.541. The van der Waals surface area contributed by atoms with Crippen LogP contribution in [0.25, 0.3) is 0 Å². The molecule has 1 heterocycles. The van der Waals surface area contributed by atoms with E-state index in [-0.39, 0.29) is 5.91 Å². The summed E-state index contributed by atoms with van der Waals surface area (Å²) in [6, 6.07) is 9.67. The molecule has 2 rings (SSSR count). The summed E-state index contributed by atoms with van der Waals surface area (Å²) in [4.78, 5) is 12.4. The molecule has 0 atom stereocenters. The minimum atomic E-state index is -0.121. The Bertz CT molecular complexity index is 799. The van der Waals surface area contributed by atoms with E-state index in [1.165, 1.54) is 0 Å². The summed E-state index contributed by atoms with van der Waals surface area (Å²) < 4.78 is 7.43. The number of unbranched alkanes of at least 4 members (excludes halogenated alkanes) is 2. The van der Waals surface area contributed by atoms with Crippen LogP contribution in [0.1, 0.15) is 61.3 Å². The zero-order chi connectivity index (χ0) is 19.5. The number of rotatable bonds is 9. The van der Waals surface area contributed by atoms with Crippen LogP contribution in [0.3, 0.4) is 0 Å². The molecule has 0 aliphatic rings. The largest absolute Gasteiger partial charge is 0.494 e. The second-order valence-corrected chi connectivity index (χ2v) is 6.34. The summed E-state index contributed by atoms with van der Waals surface area (Å²) in [7, 11) is 1.79. The molecular weight excluding hydrogens is 338 g/mol. The SMILES string of the molecule is CCC#CCCCCOc1cccc(CNC(=O)c2cc(CC)nn2C)c1. The van der Waals surface area contributed by atoms with Gasteiger partial charge in [-0.2, -0.15) is 5.10 Å². The third kappa shape index (κ3) is 6.82. The molecule has 0 saturated heterocycles. The number of amides is 1. The number of nitrogens with one attached hydrogen (secondary N) is 1. The molecule has 2 aromatic rings. The van der Waals surface area contributed by atoms with Crippen LogP contribution in [0.5, 0.6) is 5.75 Å². The lowest BCUT2D eigenvalue weighted by atomic mass is 10.2. The van der Waals surface area contributed by atoms with E-state index < -0.39 is 0 Å². The number of hydrogen-bond acceptors (Lipinski definition) is 3. The van der Waals surface area contributed by atoms with E-state index >= 15 is 0 Å². The van der Waals surface area contributed by atoms with Crippen molar-refractivity contribution in [1.82, 2.24) is 15.1 Å². The van der Waals surface area contributed by atoms with Gasteiger partial charge in [0, 0.05) is 26.4 Å². The van der Waals surface area contributed by atoms with Crippen LogP contribution < -0.4 is 10.1 Å². The van der Waals surface area contributed by atoms with Crippen LogP contribution in [-0.2, 0) is 20.0 Å². The fraction of sp³-hybridized carbons (Fsp3) is 0.455. The van der Waals surface area contributed by atoms with Gasteiger partial charge in [0.25, 0.3) is 5.91 Å².